The minimum absolute atomic E-state index is 0.0653. The van der Waals surface area contributed by atoms with Crippen molar-refractivity contribution in [1.29, 1.82) is 0 Å². The van der Waals surface area contributed by atoms with Gasteiger partial charge in [0.05, 0.1) is 5.56 Å². The molecule has 0 saturated heterocycles. The van der Waals surface area contributed by atoms with Gasteiger partial charge in [-0.2, -0.15) is 13.2 Å². The first-order valence-corrected chi connectivity index (χ1v) is 4.90. The minimum atomic E-state index is -4.41. The van der Waals surface area contributed by atoms with Crippen LogP contribution in [0.25, 0.3) is 0 Å². The summed E-state index contributed by atoms with van der Waals surface area (Å²) in [7, 11) is 0. The van der Waals surface area contributed by atoms with Crippen LogP contribution in [-0.2, 0) is 6.18 Å². The molecule has 0 bridgehead atoms. The maximum atomic E-state index is 12.7. The third-order valence-corrected chi connectivity index (χ3v) is 2.23. The molecule has 1 aromatic heterocycles. The molecule has 0 radical (unpaired) electrons. The summed E-state index contributed by atoms with van der Waals surface area (Å²) in [6, 6.07) is 3.57. The normalized spacial score (nSPS) is 11.6. The SMILES string of the molecule is Cc1ccc(Nc2nnc(N)o2)cc1C(F)(F)F. The van der Waals surface area contributed by atoms with Crippen molar-refractivity contribution in [2.75, 3.05) is 11.1 Å². The molecule has 0 aliphatic carbocycles. The van der Waals surface area contributed by atoms with Crippen molar-refractivity contribution in [3.05, 3.63) is 29.3 Å². The molecular weight excluding hydrogens is 249 g/mol. The zero-order chi connectivity index (χ0) is 13.3. The van der Waals surface area contributed by atoms with Gasteiger partial charge in [-0.3, -0.25) is 0 Å². The first-order valence-electron chi connectivity index (χ1n) is 4.90. The van der Waals surface area contributed by atoms with Crippen molar-refractivity contribution < 1.29 is 17.6 Å². The average Bonchev–Trinajstić information content (AvgIpc) is 2.65. The molecule has 2 aromatic rings. The molecule has 0 atom stereocenters. The van der Waals surface area contributed by atoms with Crippen LogP contribution in [0.4, 0.5) is 30.9 Å². The number of hydrogen-bond acceptors (Lipinski definition) is 5. The number of alkyl halides is 3. The summed E-state index contributed by atoms with van der Waals surface area (Å²) in [5, 5.41) is 9.41. The number of nitrogens with zero attached hydrogens (tertiary/aromatic N) is 2. The van der Waals surface area contributed by atoms with Crippen molar-refractivity contribution in [1.82, 2.24) is 10.2 Å². The van der Waals surface area contributed by atoms with Crippen LogP contribution in [0.15, 0.2) is 22.6 Å². The van der Waals surface area contributed by atoms with Crippen LogP contribution >= 0.6 is 0 Å². The summed E-state index contributed by atoms with van der Waals surface area (Å²) in [5.41, 5.74) is 4.80. The Morgan fingerprint density at radius 2 is 2.00 bits per heavy atom. The van der Waals surface area contributed by atoms with Gasteiger partial charge < -0.3 is 15.5 Å². The summed E-state index contributed by atoms with van der Waals surface area (Å²) in [6.45, 7) is 1.39. The Balaban J connectivity index is 2.30. The van der Waals surface area contributed by atoms with Crippen LogP contribution in [0.5, 0.6) is 0 Å². The second kappa shape index (κ2) is 4.21. The van der Waals surface area contributed by atoms with Gasteiger partial charge >= 0.3 is 18.2 Å². The highest BCUT2D eigenvalue weighted by atomic mass is 19.4. The highest BCUT2D eigenvalue weighted by Gasteiger charge is 2.32. The number of nitrogens with one attached hydrogen (secondary N) is 1. The summed E-state index contributed by atoms with van der Waals surface area (Å²) < 4.78 is 42.8. The topological polar surface area (TPSA) is 77.0 Å². The van der Waals surface area contributed by atoms with Gasteiger partial charge in [0.2, 0.25) is 0 Å². The largest absolute Gasteiger partial charge is 0.416 e. The Kier molecular flexibility index (Phi) is 2.85. The standard InChI is InChI=1S/C10H9F3N4O/c1-5-2-3-6(4-7(5)10(11,12)13)15-9-17-16-8(14)18-9/h2-4H,1H3,(H2,14,16)(H,15,17). The number of nitrogen functional groups attached to an aromatic ring is 1. The fourth-order valence-electron chi connectivity index (χ4n) is 1.41. The lowest BCUT2D eigenvalue weighted by atomic mass is 10.1. The maximum Gasteiger partial charge on any atom is 0.416 e. The molecule has 0 fully saturated rings. The number of hydrogen-bond donors (Lipinski definition) is 2. The van der Waals surface area contributed by atoms with E-state index in [1.807, 2.05) is 0 Å². The fraction of sp³-hybridized carbons (Fsp3) is 0.200. The number of halogens is 3. The molecule has 0 spiro atoms. The molecule has 8 heteroatoms. The molecule has 0 amide bonds. The van der Waals surface area contributed by atoms with E-state index in [0.29, 0.717) is 0 Å². The third-order valence-electron chi connectivity index (χ3n) is 2.23. The fourth-order valence-corrected chi connectivity index (χ4v) is 1.41. The predicted octanol–water partition coefficient (Wildman–Crippen LogP) is 2.72. The van der Waals surface area contributed by atoms with Crippen LogP contribution in [0, 0.1) is 6.92 Å². The summed E-state index contributed by atoms with van der Waals surface area (Å²) in [4.78, 5) is 0. The number of aryl methyl sites for hydroxylation is 1. The van der Waals surface area contributed by atoms with E-state index in [1.54, 1.807) is 0 Å². The molecule has 0 saturated carbocycles. The zero-order valence-electron chi connectivity index (χ0n) is 9.25. The van der Waals surface area contributed by atoms with E-state index < -0.39 is 11.7 Å². The maximum absolute atomic E-state index is 12.7. The predicted molar refractivity (Wildman–Crippen MR) is 58.2 cm³/mol. The number of anilines is 3. The minimum Gasteiger partial charge on any atom is -0.389 e. The molecule has 96 valence electrons. The van der Waals surface area contributed by atoms with E-state index in [4.69, 9.17) is 10.2 Å². The first-order chi connectivity index (χ1) is 8.36. The summed E-state index contributed by atoms with van der Waals surface area (Å²) in [6.07, 6.45) is -4.41. The van der Waals surface area contributed by atoms with E-state index in [9.17, 15) is 13.2 Å². The van der Waals surface area contributed by atoms with Crippen LogP contribution in [0.1, 0.15) is 11.1 Å². The van der Waals surface area contributed by atoms with Gasteiger partial charge in [0, 0.05) is 5.69 Å². The Morgan fingerprint density at radius 3 is 2.56 bits per heavy atom. The molecule has 5 nitrogen and oxygen atoms in total. The van der Waals surface area contributed by atoms with Gasteiger partial charge in [0.25, 0.3) is 0 Å². The second-order valence-electron chi connectivity index (χ2n) is 3.60. The van der Waals surface area contributed by atoms with Crippen molar-refractivity contribution in [2.45, 2.75) is 13.1 Å². The van der Waals surface area contributed by atoms with Crippen molar-refractivity contribution >= 4 is 17.7 Å². The van der Waals surface area contributed by atoms with Gasteiger partial charge in [-0.25, -0.2) is 0 Å². The van der Waals surface area contributed by atoms with E-state index in [-0.39, 0.29) is 23.3 Å². The van der Waals surface area contributed by atoms with Gasteiger partial charge in [-0.05, 0) is 24.6 Å². The lowest BCUT2D eigenvalue weighted by Gasteiger charge is -2.11. The lowest BCUT2D eigenvalue weighted by molar-refractivity contribution is -0.138. The first kappa shape index (κ1) is 12.2. The molecule has 3 N–H and O–H groups in total. The number of aromatic nitrogens is 2. The second-order valence-corrected chi connectivity index (χ2v) is 3.60. The van der Waals surface area contributed by atoms with Gasteiger partial charge in [-0.1, -0.05) is 16.3 Å². The molecular formula is C10H9F3N4O. The molecule has 0 aliphatic heterocycles. The molecule has 1 aromatic carbocycles. The van der Waals surface area contributed by atoms with Crippen LogP contribution in [-0.4, -0.2) is 10.2 Å². The van der Waals surface area contributed by atoms with E-state index in [1.165, 1.54) is 19.1 Å². The van der Waals surface area contributed by atoms with Gasteiger partial charge in [0.15, 0.2) is 0 Å². The van der Waals surface area contributed by atoms with E-state index >= 15 is 0 Å². The molecule has 18 heavy (non-hydrogen) atoms. The zero-order valence-corrected chi connectivity index (χ0v) is 9.25. The van der Waals surface area contributed by atoms with Crippen molar-refractivity contribution in [2.24, 2.45) is 0 Å². The quantitative estimate of drug-likeness (QED) is 0.866. The molecule has 0 aliphatic rings. The van der Waals surface area contributed by atoms with Crippen molar-refractivity contribution in [3.63, 3.8) is 0 Å². The number of nitrogens with two attached hydrogens (primary N) is 1. The van der Waals surface area contributed by atoms with Gasteiger partial charge in [0.1, 0.15) is 0 Å². The smallest absolute Gasteiger partial charge is 0.389 e. The molecule has 2 rings (SSSR count). The highest BCUT2D eigenvalue weighted by Crippen LogP contribution is 2.33. The average molecular weight is 258 g/mol. The monoisotopic (exact) mass is 258 g/mol. The summed E-state index contributed by atoms with van der Waals surface area (Å²) >= 11 is 0. The van der Waals surface area contributed by atoms with Crippen LogP contribution in [0.2, 0.25) is 0 Å². The lowest BCUT2D eigenvalue weighted by Crippen LogP contribution is -2.08. The van der Waals surface area contributed by atoms with E-state index in [2.05, 4.69) is 15.5 Å². The van der Waals surface area contributed by atoms with Crippen LogP contribution < -0.4 is 11.1 Å². The Morgan fingerprint density at radius 1 is 1.28 bits per heavy atom. The van der Waals surface area contributed by atoms with Crippen molar-refractivity contribution in [3.8, 4) is 0 Å². The molecule has 0 unspecified atom stereocenters. The summed E-state index contributed by atoms with van der Waals surface area (Å²) in [5.74, 6) is 0. The van der Waals surface area contributed by atoms with E-state index in [0.717, 1.165) is 6.07 Å². The Hall–Kier alpha value is -2.25. The highest BCUT2D eigenvalue weighted by molar-refractivity contribution is 5.55. The Bertz CT molecular complexity index is 564. The van der Waals surface area contributed by atoms with Gasteiger partial charge in [-0.15, -0.1) is 0 Å². The van der Waals surface area contributed by atoms with Crippen LogP contribution in [0.3, 0.4) is 0 Å². The number of benzene rings is 1. The third kappa shape index (κ3) is 2.53. The Labute approximate surface area is 99.8 Å². The molecule has 1 heterocycles. The number of rotatable bonds is 2.